The molecule has 0 spiro atoms. The van der Waals surface area contributed by atoms with Gasteiger partial charge in [-0.25, -0.2) is 13.6 Å². The van der Waals surface area contributed by atoms with Crippen molar-refractivity contribution in [2.75, 3.05) is 18.6 Å². The molecule has 0 aromatic heterocycles. The summed E-state index contributed by atoms with van der Waals surface area (Å²) in [6.07, 6.45) is 1.10. The maximum Gasteiger partial charge on any atom is 0.238 e. The van der Waals surface area contributed by atoms with Crippen LogP contribution >= 0.6 is 11.8 Å². The molecule has 1 amide bonds. The fourth-order valence-electron chi connectivity index (χ4n) is 1.96. The fourth-order valence-corrected chi connectivity index (χ4v) is 3.63. The van der Waals surface area contributed by atoms with Crippen LogP contribution in [0.4, 0.5) is 0 Å². The molecule has 0 aliphatic rings. The number of hydrogen-bond acceptors (Lipinski definition) is 4. The first-order valence-electron chi connectivity index (χ1n) is 7.59. The zero-order valence-electron chi connectivity index (χ0n) is 14.2. The lowest BCUT2D eigenvalue weighted by Gasteiger charge is -2.25. The standard InChI is InChI=1S/C16H26N2O3S2/c1-12(2)9-10-22-11-16(19)18(4)13(3)14-5-7-15(8-6-14)23(17,20)21/h5-8,12-13H,9-11H2,1-4H3,(H2,17,20,21). The molecule has 1 aromatic carbocycles. The average Bonchev–Trinajstić information content (AvgIpc) is 2.49. The van der Waals surface area contributed by atoms with Gasteiger partial charge in [0.1, 0.15) is 0 Å². The Bertz CT molecular complexity index is 613. The zero-order valence-corrected chi connectivity index (χ0v) is 15.8. The number of carbonyl (C=O) groups is 1. The van der Waals surface area contributed by atoms with Gasteiger partial charge in [0.2, 0.25) is 15.9 Å². The quantitative estimate of drug-likeness (QED) is 0.724. The Hall–Kier alpha value is -1.05. The van der Waals surface area contributed by atoms with Crippen LogP contribution in [-0.2, 0) is 14.8 Å². The molecule has 0 saturated carbocycles. The molecule has 5 nitrogen and oxygen atoms in total. The number of nitrogens with zero attached hydrogens (tertiary/aromatic N) is 1. The smallest absolute Gasteiger partial charge is 0.238 e. The topological polar surface area (TPSA) is 80.5 Å². The molecule has 130 valence electrons. The van der Waals surface area contributed by atoms with Crippen LogP contribution in [0.3, 0.4) is 0 Å². The molecule has 0 heterocycles. The van der Waals surface area contributed by atoms with Crippen LogP contribution in [0.25, 0.3) is 0 Å². The molecular weight excluding hydrogens is 332 g/mol. The van der Waals surface area contributed by atoms with Crippen LogP contribution in [0.15, 0.2) is 29.2 Å². The van der Waals surface area contributed by atoms with E-state index in [1.807, 2.05) is 6.92 Å². The Morgan fingerprint density at radius 2 is 1.78 bits per heavy atom. The Balaban J connectivity index is 2.61. The predicted octanol–water partition coefficient (Wildman–Crippen LogP) is 2.63. The third-order valence-electron chi connectivity index (χ3n) is 3.73. The number of benzene rings is 1. The summed E-state index contributed by atoms with van der Waals surface area (Å²) in [5, 5.41) is 5.09. The highest BCUT2D eigenvalue weighted by Gasteiger charge is 2.18. The third-order valence-corrected chi connectivity index (χ3v) is 5.64. The van der Waals surface area contributed by atoms with Gasteiger partial charge in [-0.15, -0.1) is 0 Å². The molecule has 1 aromatic rings. The highest BCUT2D eigenvalue weighted by Crippen LogP contribution is 2.21. The van der Waals surface area contributed by atoms with Crippen molar-refractivity contribution in [1.82, 2.24) is 4.90 Å². The normalized spacial score (nSPS) is 13.1. The minimum atomic E-state index is -3.69. The Morgan fingerprint density at radius 1 is 1.22 bits per heavy atom. The van der Waals surface area contributed by atoms with E-state index in [4.69, 9.17) is 5.14 Å². The van der Waals surface area contributed by atoms with E-state index in [-0.39, 0.29) is 16.8 Å². The molecule has 0 aliphatic heterocycles. The van der Waals surface area contributed by atoms with E-state index in [0.29, 0.717) is 11.7 Å². The molecule has 1 unspecified atom stereocenters. The summed E-state index contributed by atoms with van der Waals surface area (Å²) in [5.74, 6) is 2.16. The van der Waals surface area contributed by atoms with E-state index in [1.54, 1.807) is 35.8 Å². The van der Waals surface area contributed by atoms with Gasteiger partial charge in [-0.3, -0.25) is 4.79 Å². The summed E-state index contributed by atoms with van der Waals surface area (Å²) in [6.45, 7) is 6.26. The summed E-state index contributed by atoms with van der Waals surface area (Å²) in [4.78, 5) is 14.0. The number of amides is 1. The van der Waals surface area contributed by atoms with Gasteiger partial charge in [-0.2, -0.15) is 11.8 Å². The summed E-state index contributed by atoms with van der Waals surface area (Å²) in [6, 6.07) is 6.20. The van der Waals surface area contributed by atoms with E-state index in [2.05, 4.69) is 13.8 Å². The molecule has 0 aliphatic carbocycles. The predicted molar refractivity (Wildman–Crippen MR) is 95.8 cm³/mol. The van der Waals surface area contributed by atoms with Crippen molar-refractivity contribution >= 4 is 27.7 Å². The van der Waals surface area contributed by atoms with Crippen LogP contribution in [0.5, 0.6) is 0 Å². The largest absolute Gasteiger partial charge is 0.338 e. The Morgan fingerprint density at radius 3 is 2.26 bits per heavy atom. The average molecular weight is 359 g/mol. The van der Waals surface area contributed by atoms with Crippen LogP contribution in [0, 0.1) is 5.92 Å². The molecular formula is C16H26N2O3S2. The van der Waals surface area contributed by atoms with E-state index >= 15 is 0 Å². The van der Waals surface area contributed by atoms with E-state index in [0.717, 1.165) is 17.7 Å². The highest BCUT2D eigenvalue weighted by atomic mass is 32.2. The van der Waals surface area contributed by atoms with Crippen molar-refractivity contribution in [3.8, 4) is 0 Å². The number of thioether (sulfide) groups is 1. The minimum absolute atomic E-state index is 0.0711. The second-order valence-electron chi connectivity index (χ2n) is 6.03. The molecule has 0 radical (unpaired) electrons. The third kappa shape index (κ3) is 6.53. The maximum absolute atomic E-state index is 12.2. The minimum Gasteiger partial charge on any atom is -0.338 e. The van der Waals surface area contributed by atoms with Gasteiger partial charge in [0.25, 0.3) is 0 Å². The van der Waals surface area contributed by atoms with Gasteiger partial charge in [0.15, 0.2) is 0 Å². The van der Waals surface area contributed by atoms with E-state index in [1.165, 1.54) is 12.1 Å². The lowest BCUT2D eigenvalue weighted by molar-refractivity contribution is -0.128. The van der Waals surface area contributed by atoms with Crippen LogP contribution < -0.4 is 5.14 Å². The summed E-state index contributed by atoms with van der Waals surface area (Å²) in [5.41, 5.74) is 0.875. The molecule has 7 heteroatoms. The van der Waals surface area contributed by atoms with Gasteiger partial charge in [0, 0.05) is 7.05 Å². The number of rotatable bonds is 8. The molecule has 0 bridgehead atoms. The second-order valence-corrected chi connectivity index (χ2v) is 8.70. The monoisotopic (exact) mass is 358 g/mol. The zero-order chi connectivity index (χ0) is 17.6. The van der Waals surface area contributed by atoms with Crippen molar-refractivity contribution < 1.29 is 13.2 Å². The number of carbonyl (C=O) groups excluding carboxylic acids is 1. The van der Waals surface area contributed by atoms with Gasteiger partial charge in [0.05, 0.1) is 16.7 Å². The number of primary sulfonamides is 1. The highest BCUT2D eigenvalue weighted by molar-refractivity contribution is 7.99. The van der Waals surface area contributed by atoms with E-state index in [9.17, 15) is 13.2 Å². The van der Waals surface area contributed by atoms with Gasteiger partial charge in [-0.1, -0.05) is 26.0 Å². The maximum atomic E-state index is 12.2. The Kier molecular flexibility index (Phi) is 7.57. The summed E-state index contributed by atoms with van der Waals surface area (Å²) >= 11 is 1.65. The van der Waals surface area contributed by atoms with Crippen molar-refractivity contribution in [1.29, 1.82) is 0 Å². The Labute approximate surface area is 143 Å². The van der Waals surface area contributed by atoms with Crippen LogP contribution in [0.1, 0.15) is 38.8 Å². The van der Waals surface area contributed by atoms with Crippen LogP contribution in [0.2, 0.25) is 0 Å². The molecule has 0 saturated heterocycles. The molecule has 2 N–H and O–H groups in total. The van der Waals surface area contributed by atoms with E-state index < -0.39 is 10.0 Å². The number of nitrogens with two attached hydrogens (primary N) is 1. The second kappa shape index (κ2) is 8.70. The summed E-state index contributed by atoms with van der Waals surface area (Å²) in [7, 11) is -1.92. The number of sulfonamides is 1. The lowest BCUT2D eigenvalue weighted by Crippen LogP contribution is -2.31. The van der Waals surface area contributed by atoms with Gasteiger partial charge in [-0.05, 0) is 42.7 Å². The molecule has 1 atom stereocenters. The first kappa shape index (κ1) is 20.0. The SMILES string of the molecule is CC(C)CCSCC(=O)N(C)C(C)c1ccc(S(N)(=O)=O)cc1. The van der Waals surface area contributed by atoms with Crippen LogP contribution in [-0.4, -0.2) is 37.8 Å². The molecule has 23 heavy (non-hydrogen) atoms. The first-order valence-corrected chi connectivity index (χ1v) is 10.3. The van der Waals surface area contributed by atoms with Gasteiger partial charge >= 0.3 is 0 Å². The summed E-state index contributed by atoms with van der Waals surface area (Å²) < 4.78 is 22.5. The van der Waals surface area contributed by atoms with Crippen molar-refractivity contribution in [2.24, 2.45) is 11.1 Å². The number of hydrogen-bond donors (Lipinski definition) is 1. The fraction of sp³-hybridized carbons (Fsp3) is 0.562. The van der Waals surface area contributed by atoms with Crippen molar-refractivity contribution in [3.63, 3.8) is 0 Å². The molecule has 1 rings (SSSR count). The first-order chi connectivity index (χ1) is 10.6. The van der Waals surface area contributed by atoms with Crippen molar-refractivity contribution in [2.45, 2.75) is 38.1 Å². The van der Waals surface area contributed by atoms with Crippen molar-refractivity contribution in [3.05, 3.63) is 29.8 Å². The lowest BCUT2D eigenvalue weighted by atomic mass is 10.1. The molecule has 0 fully saturated rings. The van der Waals surface area contributed by atoms with Gasteiger partial charge < -0.3 is 4.90 Å².